The molecule has 1 aliphatic rings. The highest BCUT2D eigenvalue weighted by Gasteiger charge is 2.36. The fourth-order valence-corrected chi connectivity index (χ4v) is 2.80. The summed E-state index contributed by atoms with van der Waals surface area (Å²) < 4.78 is 0. The number of benzene rings is 1. The predicted molar refractivity (Wildman–Crippen MR) is 68.2 cm³/mol. The van der Waals surface area contributed by atoms with Crippen LogP contribution in [0.2, 0.25) is 0 Å². The molecule has 16 heavy (non-hydrogen) atoms. The van der Waals surface area contributed by atoms with Crippen molar-refractivity contribution < 1.29 is 0 Å². The van der Waals surface area contributed by atoms with Crippen LogP contribution < -0.4 is 5.73 Å². The van der Waals surface area contributed by atoms with E-state index in [4.69, 9.17) is 5.73 Å². The lowest BCUT2D eigenvalue weighted by molar-refractivity contribution is 0.124. The second-order valence-electron chi connectivity index (χ2n) is 4.98. The minimum Gasteiger partial charge on any atom is -0.329 e. The summed E-state index contributed by atoms with van der Waals surface area (Å²) in [7, 11) is 2.21. The largest absolute Gasteiger partial charge is 0.329 e. The summed E-state index contributed by atoms with van der Waals surface area (Å²) in [6.45, 7) is 1.80. The second kappa shape index (κ2) is 4.98. The van der Waals surface area contributed by atoms with Crippen LogP contribution in [0.5, 0.6) is 0 Å². The summed E-state index contributed by atoms with van der Waals surface area (Å²) in [5, 5.41) is 0. The Morgan fingerprint density at radius 2 is 1.81 bits per heavy atom. The SMILES string of the molecule is CN(Cc1ccccc1)C1(CN)CCCC1. The molecule has 2 rings (SSSR count). The van der Waals surface area contributed by atoms with Gasteiger partial charge in [0, 0.05) is 18.6 Å². The maximum atomic E-state index is 5.98. The zero-order valence-corrected chi connectivity index (χ0v) is 10.2. The lowest BCUT2D eigenvalue weighted by atomic mass is 9.95. The van der Waals surface area contributed by atoms with E-state index in [0.717, 1.165) is 13.1 Å². The molecule has 1 aliphatic carbocycles. The monoisotopic (exact) mass is 218 g/mol. The third kappa shape index (κ3) is 2.28. The average molecular weight is 218 g/mol. The molecule has 0 aliphatic heterocycles. The molecule has 1 aromatic carbocycles. The molecule has 0 aromatic heterocycles. The molecule has 0 amide bonds. The summed E-state index contributed by atoms with van der Waals surface area (Å²) in [6.07, 6.45) is 5.17. The van der Waals surface area contributed by atoms with E-state index in [-0.39, 0.29) is 5.54 Å². The third-order valence-corrected chi connectivity index (χ3v) is 3.99. The highest BCUT2D eigenvalue weighted by atomic mass is 15.2. The van der Waals surface area contributed by atoms with Crippen LogP contribution in [0.1, 0.15) is 31.2 Å². The molecular formula is C14H22N2. The minimum absolute atomic E-state index is 0.260. The quantitative estimate of drug-likeness (QED) is 0.841. The van der Waals surface area contributed by atoms with Gasteiger partial charge in [-0.1, -0.05) is 43.2 Å². The molecule has 2 heteroatoms. The topological polar surface area (TPSA) is 29.3 Å². The van der Waals surface area contributed by atoms with E-state index in [0.29, 0.717) is 0 Å². The van der Waals surface area contributed by atoms with Crippen molar-refractivity contribution in [1.82, 2.24) is 4.90 Å². The Bertz CT molecular complexity index is 315. The van der Waals surface area contributed by atoms with E-state index in [1.165, 1.54) is 31.2 Å². The fourth-order valence-electron chi connectivity index (χ4n) is 2.80. The lowest BCUT2D eigenvalue weighted by Crippen LogP contribution is -2.49. The lowest BCUT2D eigenvalue weighted by Gasteiger charge is -2.38. The fraction of sp³-hybridized carbons (Fsp3) is 0.571. The van der Waals surface area contributed by atoms with E-state index in [9.17, 15) is 0 Å². The van der Waals surface area contributed by atoms with E-state index < -0.39 is 0 Å². The molecule has 1 aromatic rings. The van der Waals surface area contributed by atoms with Gasteiger partial charge in [-0.3, -0.25) is 4.90 Å². The van der Waals surface area contributed by atoms with Gasteiger partial charge >= 0.3 is 0 Å². The molecule has 0 atom stereocenters. The molecule has 0 unspecified atom stereocenters. The number of likely N-dealkylation sites (N-methyl/N-ethyl adjacent to an activating group) is 1. The van der Waals surface area contributed by atoms with Gasteiger partial charge in [0.25, 0.3) is 0 Å². The van der Waals surface area contributed by atoms with Crippen LogP contribution in [0.15, 0.2) is 30.3 Å². The van der Waals surface area contributed by atoms with Crippen molar-refractivity contribution in [3.05, 3.63) is 35.9 Å². The van der Waals surface area contributed by atoms with Gasteiger partial charge < -0.3 is 5.73 Å². The Morgan fingerprint density at radius 1 is 1.19 bits per heavy atom. The number of hydrogen-bond donors (Lipinski definition) is 1. The standard InChI is InChI=1S/C14H22N2/c1-16(11-13-7-3-2-4-8-13)14(12-15)9-5-6-10-14/h2-4,7-8H,5-6,9-12,15H2,1H3. The predicted octanol–water partition coefficient (Wildman–Crippen LogP) is 2.39. The molecule has 0 saturated heterocycles. The van der Waals surface area contributed by atoms with Gasteiger partial charge in [0.15, 0.2) is 0 Å². The Hall–Kier alpha value is -0.860. The van der Waals surface area contributed by atoms with E-state index >= 15 is 0 Å². The Balaban J connectivity index is 2.04. The summed E-state index contributed by atoms with van der Waals surface area (Å²) in [6, 6.07) is 10.7. The van der Waals surface area contributed by atoms with Crippen LogP contribution in [0, 0.1) is 0 Å². The number of nitrogens with zero attached hydrogens (tertiary/aromatic N) is 1. The minimum atomic E-state index is 0.260. The molecule has 0 radical (unpaired) electrons. The van der Waals surface area contributed by atoms with Crippen molar-refractivity contribution in [1.29, 1.82) is 0 Å². The Morgan fingerprint density at radius 3 is 2.38 bits per heavy atom. The van der Waals surface area contributed by atoms with Crippen LogP contribution in [-0.2, 0) is 6.54 Å². The highest BCUT2D eigenvalue weighted by Crippen LogP contribution is 2.34. The van der Waals surface area contributed by atoms with Crippen molar-refractivity contribution >= 4 is 0 Å². The normalized spacial score (nSPS) is 19.2. The summed E-state index contributed by atoms with van der Waals surface area (Å²) in [5.41, 5.74) is 7.62. The first-order chi connectivity index (χ1) is 7.77. The Labute approximate surface area is 98.4 Å². The van der Waals surface area contributed by atoms with E-state index in [2.05, 4.69) is 42.3 Å². The van der Waals surface area contributed by atoms with Gasteiger partial charge in [-0.15, -0.1) is 0 Å². The summed E-state index contributed by atoms with van der Waals surface area (Å²) in [4.78, 5) is 2.45. The van der Waals surface area contributed by atoms with Crippen molar-refractivity contribution in [3.8, 4) is 0 Å². The molecule has 88 valence electrons. The molecule has 1 saturated carbocycles. The maximum Gasteiger partial charge on any atom is 0.0332 e. The van der Waals surface area contributed by atoms with Gasteiger partial charge in [0.2, 0.25) is 0 Å². The van der Waals surface area contributed by atoms with Crippen LogP contribution in [0.3, 0.4) is 0 Å². The van der Waals surface area contributed by atoms with Gasteiger partial charge in [-0.2, -0.15) is 0 Å². The number of nitrogens with two attached hydrogens (primary N) is 1. The number of rotatable bonds is 4. The first-order valence-electron chi connectivity index (χ1n) is 6.22. The molecule has 2 N–H and O–H groups in total. The Kier molecular flexibility index (Phi) is 3.62. The molecule has 0 spiro atoms. The third-order valence-electron chi connectivity index (χ3n) is 3.99. The second-order valence-corrected chi connectivity index (χ2v) is 4.98. The van der Waals surface area contributed by atoms with Crippen molar-refractivity contribution in [2.45, 2.75) is 37.8 Å². The van der Waals surface area contributed by atoms with Crippen molar-refractivity contribution in [3.63, 3.8) is 0 Å². The first kappa shape index (κ1) is 11.6. The maximum absolute atomic E-state index is 5.98. The zero-order chi connectivity index (χ0) is 11.4. The molecule has 2 nitrogen and oxygen atoms in total. The van der Waals surface area contributed by atoms with E-state index in [1.54, 1.807) is 0 Å². The van der Waals surface area contributed by atoms with Crippen molar-refractivity contribution in [2.24, 2.45) is 5.73 Å². The van der Waals surface area contributed by atoms with Gasteiger partial charge in [-0.05, 0) is 25.5 Å². The van der Waals surface area contributed by atoms with Crippen LogP contribution >= 0.6 is 0 Å². The van der Waals surface area contributed by atoms with Gasteiger partial charge in [0.1, 0.15) is 0 Å². The molecule has 0 bridgehead atoms. The number of hydrogen-bond acceptors (Lipinski definition) is 2. The van der Waals surface area contributed by atoms with Crippen molar-refractivity contribution in [2.75, 3.05) is 13.6 Å². The molecule has 1 fully saturated rings. The molecular weight excluding hydrogens is 196 g/mol. The van der Waals surface area contributed by atoms with Gasteiger partial charge in [-0.25, -0.2) is 0 Å². The zero-order valence-electron chi connectivity index (χ0n) is 10.2. The highest BCUT2D eigenvalue weighted by molar-refractivity contribution is 5.15. The van der Waals surface area contributed by atoms with Crippen LogP contribution in [0.25, 0.3) is 0 Å². The summed E-state index contributed by atoms with van der Waals surface area (Å²) >= 11 is 0. The first-order valence-corrected chi connectivity index (χ1v) is 6.22. The molecule has 0 heterocycles. The summed E-state index contributed by atoms with van der Waals surface area (Å²) in [5.74, 6) is 0. The van der Waals surface area contributed by atoms with E-state index in [1.807, 2.05) is 0 Å². The van der Waals surface area contributed by atoms with Crippen LogP contribution in [0.4, 0.5) is 0 Å². The smallest absolute Gasteiger partial charge is 0.0332 e. The van der Waals surface area contributed by atoms with Crippen LogP contribution in [-0.4, -0.2) is 24.0 Å². The average Bonchev–Trinajstić information content (AvgIpc) is 2.80. The van der Waals surface area contributed by atoms with Gasteiger partial charge in [0.05, 0.1) is 0 Å².